The van der Waals surface area contributed by atoms with Crippen LogP contribution in [0.25, 0.3) is 11.3 Å². The van der Waals surface area contributed by atoms with E-state index in [2.05, 4.69) is 4.98 Å². The van der Waals surface area contributed by atoms with Crippen LogP contribution in [0.2, 0.25) is 0 Å². The zero-order valence-electron chi connectivity index (χ0n) is 16.0. The molecule has 1 aromatic heterocycles. The Bertz CT molecular complexity index is 1030. The Morgan fingerprint density at radius 2 is 1.77 bits per heavy atom. The van der Waals surface area contributed by atoms with E-state index >= 15 is 0 Å². The van der Waals surface area contributed by atoms with Crippen LogP contribution in [0.15, 0.2) is 54.7 Å². The van der Waals surface area contributed by atoms with Crippen molar-refractivity contribution in [2.24, 2.45) is 0 Å². The Morgan fingerprint density at radius 3 is 2.43 bits per heavy atom. The molecule has 4 nitrogen and oxygen atoms in total. The number of hydrogen-bond donors (Lipinski definition) is 0. The Balaban J connectivity index is 2.04. The molecule has 1 heterocycles. The molecule has 3 rings (SSSR count). The number of carbonyl (C=O) groups excluding carboxylic acids is 1. The third-order valence-electron chi connectivity index (χ3n) is 4.45. The van der Waals surface area contributed by atoms with E-state index in [1.165, 1.54) is 30.5 Å². The molecule has 30 heavy (non-hydrogen) atoms. The molecule has 0 aliphatic rings. The molecule has 0 fully saturated rings. The number of anilines is 1. The molecule has 0 atom stereocenters. The topological polar surface area (TPSA) is 42.4 Å². The lowest BCUT2D eigenvalue weighted by atomic mass is 10.00. The number of aldehydes is 1. The smallest absolute Gasteiger partial charge is 0.272 e. The molecule has 0 amide bonds. The number of halogens is 4. The highest BCUT2D eigenvalue weighted by Crippen LogP contribution is 2.34. The van der Waals surface area contributed by atoms with E-state index in [1.807, 2.05) is 0 Å². The van der Waals surface area contributed by atoms with Crippen molar-refractivity contribution < 1.29 is 27.1 Å². The first kappa shape index (κ1) is 21.3. The minimum Gasteiger partial charge on any atom is -0.487 e. The fourth-order valence-corrected chi connectivity index (χ4v) is 3.00. The second-order valence-corrected chi connectivity index (χ2v) is 6.52. The van der Waals surface area contributed by atoms with Crippen LogP contribution in [-0.4, -0.2) is 31.4 Å². The molecule has 8 heteroatoms. The summed E-state index contributed by atoms with van der Waals surface area (Å²) in [5.74, 6) is -1.13. The fraction of sp³-hybridized carbons (Fsp3) is 0.182. The molecular weight excluding hydrogens is 400 g/mol. The molecule has 0 saturated carbocycles. The van der Waals surface area contributed by atoms with Crippen molar-refractivity contribution >= 4 is 12.0 Å². The quantitative estimate of drug-likeness (QED) is 0.376. The molecule has 0 radical (unpaired) electrons. The van der Waals surface area contributed by atoms with E-state index in [1.54, 1.807) is 24.1 Å². The van der Waals surface area contributed by atoms with Gasteiger partial charge in [-0.2, -0.15) is 0 Å². The minimum atomic E-state index is -2.74. The molecule has 0 unspecified atom stereocenters. The van der Waals surface area contributed by atoms with Crippen molar-refractivity contribution in [1.29, 1.82) is 0 Å². The summed E-state index contributed by atoms with van der Waals surface area (Å²) in [7, 11) is 1.75. The Labute approximate surface area is 170 Å². The van der Waals surface area contributed by atoms with Crippen LogP contribution in [0.3, 0.4) is 0 Å². The summed E-state index contributed by atoms with van der Waals surface area (Å²) in [5, 5.41) is 0. The molecule has 0 saturated heterocycles. The van der Waals surface area contributed by atoms with Gasteiger partial charge in [0.2, 0.25) is 0 Å². The van der Waals surface area contributed by atoms with Crippen LogP contribution in [0.4, 0.5) is 23.2 Å². The number of nitrogens with zero attached hydrogens (tertiary/aromatic N) is 2. The summed E-state index contributed by atoms with van der Waals surface area (Å²) in [6.45, 7) is -0.705. The predicted octanol–water partition coefficient (Wildman–Crippen LogP) is 5.12. The van der Waals surface area contributed by atoms with Crippen LogP contribution in [0, 0.1) is 11.6 Å². The molecule has 0 N–H and O–H groups in total. The maximum Gasteiger partial charge on any atom is 0.272 e. The fourth-order valence-electron chi connectivity index (χ4n) is 3.00. The van der Waals surface area contributed by atoms with Crippen LogP contribution in [0.1, 0.15) is 15.9 Å². The van der Waals surface area contributed by atoms with E-state index in [0.29, 0.717) is 28.8 Å². The van der Waals surface area contributed by atoms with E-state index in [-0.39, 0.29) is 23.7 Å². The highest BCUT2D eigenvalue weighted by atomic mass is 19.3. The number of rotatable bonds is 8. The lowest BCUT2D eigenvalue weighted by Gasteiger charge is -2.22. The largest absolute Gasteiger partial charge is 0.487 e. The zero-order chi connectivity index (χ0) is 21.7. The number of ether oxygens (including phenoxy) is 1. The van der Waals surface area contributed by atoms with Crippen LogP contribution in [-0.2, 0) is 6.54 Å². The van der Waals surface area contributed by atoms with Crippen molar-refractivity contribution in [1.82, 2.24) is 4.98 Å². The molecular formula is C22H18F4N2O2. The summed E-state index contributed by atoms with van der Waals surface area (Å²) in [6, 6.07) is 10.8. The number of carbonyl (C=O) groups is 1. The monoisotopic (exact) mass is 418 g/mol. The SMILES string of the molecule is CN(Cc1c(C=O)ccnc1-c1ccc(F)cc1OCC(F)F)c1ccc(F)cc1. The Kier molecular flexibility index (Phi) is 6.66. The minimum absolute atomic E-state index is 0.100. The lowest BCUT2D eigenvalue weighted by molar-refractivity contribution is 0.0820. The van der Waals surface area contributed by atoms with Crippen molar-refractivity contribution in [3.8, 4) is 17.0 Å². The summed E-state index contributed by atoms with van der Waals surface area (Å²) in [4.78, 5) is 17.7. The highest BCUT2D eigenvalue weighted by Gasteiger charge is 2.19. The van der Waals surface area contributed by atoms with Gasteiger partial charge in [0.1, 0.15) is 24.0 Å². The number of alkyl halides is 2. The van der Waals surface area contributed by atoms with Gasteiger partial charge in [-0.15, -0.1) is 0 Å². The van der Waals surface area contributed by atoms with E-state index in [9.17, 15) is 22.4 Å². The van der Waals surface area contributed by atoms with Gasteiger partial charge in [-0.25, -0.2) is 17.6 Å². The summed E-state index contributed by atoms with van der Waals surface area (Å²) < 4.78 is 57.3. The van der Waals surface area contributed by atoms with Gasteiger partial charge < -0.3 is 9.64 Å². The maximum absolute atomic E-state index is 13.7. The molecule has 0 aliphatic heterocycles. The van der Waals surface area contributed by atoms with Gasteiger partial charge in [0, 0.05) is 48.2 Å². The third kappa shape index (κ3) is 4.94. The standard InChI is InChI=1S/C22H18F4N2O2/c1-28(17-5-2-15(23)3-6-17)11-19-14(12-29)8-9-27-22(19)18-7-4-16(24)10-20(18)30-13-21(25)26/h2-10,12,21H,11,13H2,1H3. The van der Waals surface area contributed by atoms with Gasteiger partial charge in [-0.1, -0.05) is 0 Å². The maximum atomic E-state index is 13.7. The van der Waals surface area contributed by atoms with Gasteiger partial charge in [-0.05, 0) is 42.5 Å². The lowest BCUT2D eigenvalue weighted by Crippen LogP contribution is -2.19. The van der Waals surface area contributed by atoms with Crippen LogP contribution >= 0.6 is 0 Å². The normalized spacial score (nSPS) is 10.9. The number of hydrogen-bond acceptors (Lipinski definition) is 4. The summed E-state index contributed by atoms with van der Waals surface area (Å²) >= 11 is 0. The molecule has 0 bridgehead atoms. The second kappa shape index (κ2) is 9.39. The van der Waals surface area contributed by atoms with Gasteiger partial charge in [0.05, 0.1) is 5.69 Å². The van der Waals surface area contributed by atoms with Gasteiger partial charge in [-0.3, -0.25) is 9.78 Å². The molecule has 0 aliphatic carbocycles. The summed E-state index contributed by atoms with van der Waals surface area (Å²) in [6.07, 6.45) is -0.678. The number of benzene rings is 2. The number of aromatic nitrogens is 1. The van der Waals surface area contributed by atoms with E-state index in [4.69, 9.17) is 4.74 Å². The van der Waals surface area contributed by atoms with Crippen molar-refractivity contribution in [3.05, 3.63) is 77.5 Å². The van der Waals surface area contributed by atoms with E-state index < -0.39 is 18.8 Å². The predicted molar refractivity (Wildman–Crippen MR) is 105 cm³/mol. The van der Waals surface area contributed by atoms with Crippen molar-refractivity contribution in [3.63, 3.8) is 0 Å². The average Bonchev–Trinajstić information content (AvgIpc) is 2.73. The van der Waals surface area contributed by atoms with Crippen LogP contribution < -0.4 is 9.64 Å². The van der Waals surface area contributed by atoms with Crippen molar-refractivity contribution in [2.45, 2.75) is 13.0 Å². The molecule has 0 spiro atoms. The zero-order valence-corrected chi connectivity index (χ0v) is 16.0. The molecule has 2 aromatic carbocycles. The first-order valence-corrected chi connectivity index (χ1v) is 8.99. The highest BCUT2D eigenvalue weighted by molar-refractivity contribution is 5.83. The van der Waals surface area contributed by atoms with Gasteiger partial charge in [0.25, 0.3) is 6.43 Å². The van der Waals surface area contributed by atoms with Gasteiger partial charge >= 0.3 is 0 Å². The van der Waals surface area contributed by atoms with Crippen molar-refractivity contribution in [2.75, 3.05) is 18.6 Å². The summed E-state index contributed by atoms with van der Waals surface area (Å²) in [5.41, 5.74) is 2.10. The first-order valence-electron chi connectivity index (χ1n) is 8.99. The Hall–Kier alpha value is -3.42. The van der Waals surface area contributed by atoms with E-state index in [0.717, 1.165) is 12.1 Å². The average molecular weight is 418 g/mol. The first-order chi connectivity index (χ1) is 14.4. The third-order valence-corrected chi connectivity index (χ3v) is 4.45. The number of pyridine rings is 1. The van der Waals surface area contributed by atoms with Gasteiger partial charge in [0.15, 0.2) is 6.29 Å². The molecule has 156 valence electrons. The second-order valence-electron chi connectivity index (χ2n) is 6.52. The Morgan fingerprint density at radius 1 is 1.07 bits per heavy atom. The molecule has 3 aromatic rings. The van der Waals surface area contributed by atoms with Crippen LogP contribution in [0.5, 0.6) is 5.75 Å².